The van der Waals surface area contributed by atoms with Crippen molar-refractivity contribution in [1.82, 2.24) is 4.90 Å². The fraction of sp³-hybridized carbons (Fsp3) is 1.00. The van der Waals surface area contributed by atoms with Gasteiger partial charge < -0.3 is 14.7 Å². The van der Waals surface area contributed by atoms with E-state index in [-0.39, 0.29) is 12.0 Å². The first-order valence-corrected chi connectivity index (χ1v) is 7.19. The molecule has 2 aliphatic rings. The summed E-state index contributed by atoms with van der Waals surface area (Å²) in [5.74, 6) is 0.921. The summed E-state index contributed by atoms with van der Waals surface area (Å²) in [7, 11) is 0. The molecule has 0 aromatic rings. The Bertz CT molecular complexity index is 226. The molecule has 2 saturated heterocycles. The van der Waals surface area contributed by atoms with Gasteiger partial charge in [0.05, 0.1) is 13.2 Å². The second kappa shape index (κ2) is 6.17. The van der Waals surface area contributed by atoms with Gasteiger partial charge in [-0.05, 0) is 44.7 Å². The molecule has 1 N–H and O–H groups in total. The lowest BCUT2D eigenvalue weighted by Crippen LogP contribution is -2.41. The Balaban J connectivity index is 1.85. The third kappa shape index (κ3) is 3.43. The molecule has 17 heavy (non-hydrogen) atoms. The Morgan fingerprint density at radius 3 is 2.88 bits per heavy atom. The molecule has 2 heterocycles. The van der Waals surface area contributed by atoms with E-state index in [2.05, 4.69) is 11.8 Å². The minimum absolute atomic E-state index is 0.0338. The van der Waals surface area contributed by atoms with Crippen molar-refractivity contribution < 1.29 is 9.84 Å². The van der Waals surface area contributed by atoms with E-state index in [1.54, 1.807) is 0 Å². The summed E-state index contributed by atoms with van der Waals surface area (Å²) >= 11 is 0. The van der Waals surface area contributed by atoms with Crippen LogP contribution in [0.15, 0.2) is 0 Å². The summed E-state index contributed by atoms with van der Waals surface area (Å²) < 4.78 is 5.48. The van der Waals surface area contributed by atoms with Crippen LogP contribution in [0, 0.1) is 11.3 Å². The van der Waals surface area contributed by atoms with Gasteiger partial charge in [-0.1, -0.05) is 13.3 Å². The average molecular weight is 241 g/mol. The van der Waals surface area contributed by atoms with Crippen LogP contribution in [0.4, 0.5) is 0 Å². The van der Waals surface area contributed by atoms with Crippen LogP contribution in [0.1, 0.15) is 39.0 Å². The molecule has 0 radical (unpaired) electrons. The predicted molar refractivity (Wildman–Crippen MR) is 69.0 cm³/mol. The Morgan fingerprint density at radius 1 is 1.35 bits per heavy atom. The highest BCUT2D eigenvalue weighted by Crippen LogP contribution is 2.30. The summed E-state index contributed by atoms with van der Waals surface area (Å²) in [6.07, 6.45) is 6.38. The fourth-order valence-electron chi connectivity index (χ4n) is 3.21. The minimum atomic E-state index is 0.0338. The van der Waals surface area contributed by atoms with Crippen LogP contribution in [-0.2, 0) is 4.74 Å². The van der Waals surface area contributed by atoms with E-state index >= 15 is 0 Å². The van der Waals surface area contributed by atoms with Crippen molar-refractivity contribution in [3.8, 4) is 0 Å². The maximum absolute atomic E-state index is 9.61. The molecular weight excluding hydrogens is 214 g/mol. The van der Waals surface area contributed by atoms with Gasteiger partial charge in [0, 0.05) is 18.6 Å². The molecule has 0 saturated carbocycles. The average Bonchev–Trinajstić information content (AvgIpc) is 2.70. The third-order valence-electron chi connectivity index (χ3n) is 4.60. The van der Waals surface area contributed by atoms with E-state index in [0.717, 1.165) is 32.1 Å². The topological polar surface area (TPSA) is 32.7 Å². The predicted octanol–water partition coefficient (Wildman–Crippen LogP) is 1.90. The van der Waals surface area contributed by atoms with Gasteiger partial charge in [-0.2, -0.15) is 0 Å². The largest absolute Gasteiger partial charge is 0.396 e. The lowest BCUT2D eigenvalue weighted by Gasteiger charge is -2.32. The third-order valence-corrected chi connectivity index (χ3v) is 4.60. The molecule has 0 spiro atoms. The number of nitrogens with zero attached hydrogens (tertiary/aromatic N) is 1. The highest BCUT2D eigenvalue weighted by atomic mass is 16.5. The molecule has 2 unspecified atom stereocenters. The minimum Gasteiger partial charge on any atom is -0.396 e. The van der Waals surface area contributed by atoms with Gasteiger partial charge in [0.15, 0.2) is 0 Å². The maximum Gasteiger partial charge on any atom is 0.0557 e. The first-order valence-electron chi connectivity index (χ1n) is 7.19. The van der Waals surface area contributed by atoms with Crippen LogP contribution >= 0.6 is 0 Å². The molecule has 2 atom stereocenters. The molecule has 0 amide bonds. The van der Waals surface area contributed by atoms with Crippen LogP contribution in [-0.4, -0.2) is 49.5 Å². The van der Waals surface area contributed by atoms with Gasteiger partial charge in [0.2, 0.25) is 0 Å². The lowest BCUT2D eigenvalue weighted by molar-refractivity contribution is 0.0574. The van der Waals surface area contributed by atoms with Crippen molar-refractivity contribution in [3.05, 3.63) is 0 Å². The monoisotopic (exact) mass is 241 g/mol. The number of hydrogen-bond donors (Lipinski definition) is 1. The zero-order valence-corrected chi connectivity index (χ0v) is 11.2. The van der Waals surface area contributed by atoms with Crippen molar-refractivity contribution in [2.75, 3.05) is 39.5 Å². The lowest BCUT2D eigenvalue weighted by atomic mass is 9.87. The Kier molecular flexibility index (Phi) is 4.83. The molecular formula is C14H27NO2. The van der Waals surface area contributed by atoms with Crippen molar-refractivity contribution in [2.45, 2.75) is 39.0 Å². The number of rotatable bonds is 4. The number of hydrogen-bond acceptors (Lipinski definition) is 3. The Morgan fingerprint density at radius 2 is 2.24 bits per heavy atom. The summed E-state index contributed by atoms with van der Waals surface area (Å²) in [6, 6.07) is 0. The van der Waals surface area contributed by atoms with E-state index in [9.17, 15) is 5.11 Å². The molecule has 0 bridgehead atoms. The first kappa shape index (κ1) is 13.3. The standard InChI is InChI=1S/C14H27NO2/c1-2-13-4-3-7-15(8-5-13)10-14(11-16)6-9-17-12-14/h13,16H,2-12H2,1H3. The molecule has 0 aromatic heterocycles. The molecule has 0 aliphatic carbocycles. The maximum atomic E-state index is 9.61. The van der Waals surface area contributed by atoms with E-state index in [1.165, 1.54) is 38.8 Å². The van der Waals surface area contributed by atoms with E-state index in [4.69, 9.17) is 4.74 Å². The number of aliphatic hydroxyl groups excluding tert-OH is 1. The molecule has 2 aliphatic heterocycles. The van der Waals surface area contributed by atoms with Gasteiger partial charge in [0.25, 0.3) is 0 Å². The fourth-order valence-corrected chi connectivity index (χ4v) is 3.21. The molecule has 100 valence electrons. The molecule has 2 rings (SSSR count). The second-order valence-corrected chi connectivity index (χ2v) is 5.94. The quantitative estimate of drug-likeness (QED) is 0.816. The van der Waals surface area contributed by atoms with Gasteiger partial charge >= 0.3 is 0 Å². The van der Waals surface area contributed by atoms with Crippen LogP contribution in [0.5, 0.6) is 0 Å². The van der Waals surface area contributed by atoms with E-state index in [1.807, 2.05) is 0 Å². The van der Waals surface area contributed by atoms with Gasteiger partial charge in [0.1, 0.15) is 0 Å². The Hall–Kier alpha value is -0.120. The zero-order valence-electron chi connectivity index (χ0n) is 11.2. The van der Waals surface area contributed by atoms with Crippen molar-refractivity contribution >= 4 is 0 Å². The number of likely N-dealkylation sites (tertiary alicyclic amines) is 1. The van der Waals surface area contributed by atoms with Gasteiger partial charge in [-0.15, -0.1) is 0 Å². The van der Waals surface area contributed by atoms with Crippen LogP contribution in [0.2, 0.25) is 0 Å². The number of aliphatic hydroxyl groups is 1. The van der Waals surface area contributed by atoms with Crippen LogP contribution in [0.25, 0.3) is 0 Å². The summed E-state index contributed by atoms with van der Waals surface area (Å²) in [5.41, 5.74) is 0.0338. The summed E-state index contributed by atoms with van der Waals surface area (Å²) in [4.78, 5) is 2.56. The SMILES string of the molecule is CCC1CCCN(CC2(CO)CCOC2)CC1. The van der Waals surface area contributed by atoms with Crippen LogP contribution in [0.3, 0.4) is 0 Å². The van der Waals surface area contributed by atoms with Gasteiger partial charge in [-0.3, -0.25) is 0 Å². The van der Waals surface area contributed by atoms with Crippen molar-refractivity contribution in [2.24, 2.45) is 11.3 Å². The number of ether oxygens (including phenoxy) is 1. The first-order chi connectivity index (χ1) is 8.28. The molecule has 2 fully saturated rings. The normalized spacial score (nSPS) is 36.0. The summed E-state index contributed by atoms with van der Waals surface area (Å²) in [6.45, 7) is 7.60. The van der Waals surface area contributed by atoms with Gasteiger partial charge in [-0.25, -0.2) is 0 Å². The Labute approximate surface area is 105 Å². The van der Waals surface area contributed by atoms with Crippen LogP contribution < -0.4 is 0 Å². The van der Waals surface area contributed by atoms with E-state index in [0.29, 0.717) is 0 Å². The molecule has 3 nitrogen and oxygen atoms in total. The highest BCUT2D eigenvalue weighted by molar-refractivity contribution is 4.86. The molecule has 3 heteroatoms. The molecule has 0 aromatic carbocycles. The second-order valence-electron chi connectivity index (χ2n) is 5.94. The zero-order chi connectivity index (χ0) is 12.1. The van der Waals surface area contributed by atoms with Crippen molar-refractivity contribution in [3.63, 3.8) is 0 Å². The van der Waals surface area contributed by atoms with Crippen molar-refractivity contribution in [1.29, 1.82) is 0 Å². The smallest absolute Gasteiger partial charge is 0.0557 e. The summed E-state index contributed by atoms with van der Waals surface area (Å²) in [5, 5.41) is 9.61. The van der Waals surface area contributed by atoms with E-state index < -0.39 is 0 Å². The highest BCUT2D eigenvalue weighted by Gasteiger charge is 2.36.